The van der Waals surface area contributed by atoms with Crippen LogP contribution < -0.4 is 11.3 Å². The second-order valence-electron chi connectivity index (χ2n) is 5.17. The summed E-state index contributed by atoms with van der Waals surface area (Å²) in [5.74, 6) is 7.76. The Labute approximate surface area is 93.7 Å². The van der Waals surface area contributed by atoms with Crippen molar-refractivity contribution in [2.75, 3.05) is 13.2 Å². The number of ether oxygens (including phenoxy) is 1. The van der Waals surface area contributed by atoms with Crippen LogP contribution in [0.5, 0.6) is 0 Å². The molecule has 1 fully saturated rings. The van der Waals surface area contributed by atoms with Gasteiger partial charge in [-0.3, -0.25) is 11.3 Å². The van der Waals surface area contributed by atoms with E-state index in [1.54, 1.807) is 0 Å². The van der Waals surface area contributed by atoms with E-state index >= 15 is 0 Å². The Kier molecular flexibility index (Phi) is 5.58. The van der Waals surface area contributed by atoms with Gasteiger partial charge in [0, 0.05) is 19.3 Å². The quantitative estimate of drug-likeness (QED) is 0.543. The van der Waals surface area contributed by atoms with Crippen LogP contribution >= 0.6 is 0 Å². The van der Waals surface area contributed by atoms with Crippen molar-refractivity contribution in [1.29, 1.82) is 0 Å². The van der Waals surface area contributed by atoms with Gasteiger partial charge in [-0.25, -0.2) is 0 Å². The molecule has 1 rings (SSSR count). The average Bonchev–Trinajstić information content (AvgIpc) is 2.26. The van der Waals surface area contributed by atoms with Crippen molar-refractivity contribution < 1.29 is 4.74 Å². The lowest BCUT2D eigenvalue weighted by atomic mass is 9.83. The predicted octanol–water partition coefficient (Wildman–Crippen LogP) is 1.93. The van der Waals surface area contributed by atoms with Gasteiger partial charge in [-0.05, 0) is 37.0 Å². The minimum atomic E-state index is 0.452. The molecule has 0 aliphatic carbocycles. The van der Waals surface area contributed by atoms with Crippen LogP contribution in [-0.2, 0) is 4.74 Å². The molecule has 0 saturated carbocycles. The van der Waals surface area contributed by atoms with Crippen molar-refractivity contribution in [3.63, 3.8) is 0 Å². The predicted molar refractivity (Wildman–Crippen MR) is 63.3 cm³/mol. The molecule has 0 radical (unpaired) electrons. The number of hydrogen-bond acceptors (Lipinski definition) is 3. The zero-order chi connectivity index (χ0) is 11.3. The lowest BCUT2D eigenvalue weighted by Gasteiger charge is -2.31. The van der Waals surface area contributed by atoms with Gasteiger partial charge in [0.15, 0.2) is 0 Å². The molecule has 15 heavy (non-hydrogen) atoms. The SMILES string of the molecule is CC(C)C(C)C(CC1CCOCC1)NN. The monoisotopic (exact) mass is 214 g/mol. The summed E-state index contributed by atoms with van der Waals surface area (Å²) in [4.78, 5) is 0. The van der Waals surface area contributed by atoms with Gasteiger partial charge >= 0.3 is 0 Å². The zero-order valence-corrected chi connectivity index (χ0v) is 10.3. The highest BCUT2D eigenvalue weighted by atomic mass is 16.5. The lowest BCUT2D eigenvalue weighted by molar-refractivity contribution is 0.0569. The van der Waals surface area contributed by atoms with Gasteiger partial charge in [0.2, 0.25) is 0 Å². The Hall–Kier alpha value is -0.120. The highest BCUT2D eigenvalue weighted by Crippen LogP contribution is 2.25. The van der Waals surface area contributed by atoms with Crippen molar-refractivity contribution in [3.05, 3.63) is 0 Å². The summed E-state index contributed by atoms with van der Waals surface area (Å²) in [7, 11) is 0. The van der Waals surface area contributed by atoms with Crippen LogP contribution in [0.3, 0.4) is 0 Å². The second kappa shape index (κ2) is 6.46. The van der Waals surface area contributed by atoms with Crippen LogP contribution in [0.2, 0.25) is 0 Å². The molecule has 0 bridgehead atoms. The molecule has 1 saturated heterocycles. The first kappa shape index (κ1) is 12.9. The van der Waals surface area contributed by atoms with Crippen molar-refractivity contribution in [3.8, 4) is 0 Å². The van der Waals surface area contributed by atoms with Crippen molar-refractivity contribution in [2.45, 2.75) is 46.1 Å². The first-order valence-electron chi connectivity index (χ1n) is 6.19. The van der Waals surface area contributed by atoms with E-state index in [9.17, 15) is 0 Å². The summed E-state index contributed by atoms with van der Waals surface area (Å²) in [5.41, 5.74) is 2.99. The van der Waals surface area contributed by atoms with Crippen molar-refractivity contribution in [2.24, 2.45) is 23.6 Å². The highest BCUT2D eigenvalue weighted by Gasteiger charge is 2.24. The molecule has 1 aliphatic rings. The average molecular weight is 214 g/mol. The Bertz CT molecular complexity index is 167. The van der Waals surface area contributed by atoms with E-state index in [0.717, 1.165) is 19.1 Å². The van der Waals surface area contributed by atoms with Gasteiger partial charge in [-0.15, -0.1) is 0 Å². The second-order valence-corrected chi connectivity index (χ2v) is 5.17. The Balaban J connectivity index is 2.37. The fourth-order valence-corrected chi connectivity index (χ4v) is 2.24. The molecule has 0 amide bonds. The molecule has 90 valence electrons. The maximum atomic E-state index is 5.65. The summed E-state index contributed by atoms with van der Waals surface area (Å²) in [6.45, 7) is 8.67. The molecular formula is C12H26N2O. The van der Waals surface area contributed by atoms with Crippen LogP contribution in [0.4, 0.5) is 0 Å². The number of rotatable bonds is 5. The number of nitrogens with two attached hydrogens (primary N) is 1. The van der Waals surface area contributed by atoms with Crippen molar-refractivity contribution in [1.82, 2.24) is 5.43 Å². The van der Waals surface area contributed by atoms with Gasteiger partial charge in [0.05, 0.1) is 0 Å². The van der Waals surface area contributed by atoms with Gasteiger partial charge in [0.25, 0.3) is 0 Å². The van der Waals surface area contributed by atoms with E-state index in [0.29, 0.717) is 17.9 Å². The van der Waals surface area contributed by atoms with E-state index in [1.165, 1.54) is 19.3 Å². The summed E-state index contributed by atoms with van der Waals surface area (Å²) in [6.07, 6.45) is 3.59. The molecule has 1 heterocycles. The number of hydrogen-bond donors (Lipinski definition) is 2. The van der Waals surface area contributed by atoms with Crippen molar-refractivity contribution >= 4 is 0 Å². The molecule has 3 N–H and O–H groups in total. The molecule has 2 atom stereocenters. The third kappa shape index (κ3) is 4.09. The minimum absolute atomic E-state index is 0.452. The Morgan fingerprint density at radius 3 is 2.33 bits per heavy atom. The van der Waals surface area contributed by atoms with E-state index in [2.05, 4.69) is 26.2 Å². The fourth-order valence-electron chi connectivity index (χ4n) is 2.24. The zero-order valence-electron chi connectivity index (χ0n) is 10.3. The molecule has 0 spiro atoms. The smallest absolute Gasteiger partial charge is 0.0468 e. The third-order valence-corrected chi connectivity index (χ3v) is 3.83. The molecule has 0 aromatic carbocycles. The normalized spacial score (nSPS) is 23.0. The largest absolute Gasteiger partial charge is 0.381 e. The van der Waals surface area contributed by atoms with Gasteiger partial charge in [-0.2, -0.15) is 0 Å². The molecule has 2 unspecified atom stereocenters. The molecule has 0 aromatic rings. The van der Waals surface area contributed by atoms with E-state index in [1.807, 2.05) is 0 Å². The standard InChI is InChI=1S/C12H26N2O/c1-9(2)10(3)12(14-13)8-11-4-6-15-7-5-11/h9-12,14H,4-8,13H2,1-3H3. The summed E-state index contributed by atoms with van der Waals surface area (Å²) in [5, 5.41) is 0. The fraction of sp³-hybridized carbons (Fsp3) is 1.00. The van der Waals surface area contributed by atoms with Gasteiger partial charge in [0.1, 0.15) is 0 Å². The van der Waals surface area contributed by atoms with E-state index < -0.39 is 0 Å². The van der Waals surface area contributed by atoms with Crippen LogP contribution in [0, 0.1) is 17.8 Å². The number of nitrogens with one attached hydrogen (secondary N) is 1. The first-order valence-corrected chi connectivity index (χ1v) is 6.19. The van der Waals surface area contributed by atoms with Crippen LogP contribution in [0.1, 0.15) is 40.0 Å². The maximum Gasteiger partial charge on any atom is 0.0468 e. The van der Waals surface area contributed by atoms with Gasteiger partial charge in [-0.1, -0.05) is 20.8 Å². The lowest BCUT2D eigenvalue weighted by Crippen LogP contribution is -2.43. The third-order valence-electron chi connectivity index (χ3n) is 3.83. The van der Waals surface area contributed by atoms with Gasteiger partial charge < -0.3 is 4.74 Å². The maximum absolute atomic E-state index is 5.65. The molecule has 3 heteroatoms. The topological polar surface area (TPSA) is 47.3 Å². The molecule has 1 aliphatic heterocycles. The Morgan fingerprint density at radius 2 is 1.87 bits per heavy atom. The van der Waals surface area contributed by atoms with E-state index in [-0.39, 0.29) is 0 Å². The van der Waals surface area contributed by atoms with E-state index in [4.69, 9.17) is 10.6 Å². The highest BCUT2D eigenvalue weighted by molar-refractivity contribution is 4.78. The Morgan fingerprint density at radius 1 is 1.27 bits per heavy atom. The summed E-state index contributed by atoms with van der Waals surface area (Å²) in [6, 6.07) is 0.452. The minimum Gasteiger partial charge on any atom is -0.381 e. The van der Waals surface area contributed by atoms with Crippen LogP contribution in [0.25, 0.3) is 0 Å². The first-order chi connectivity index (χ1) is 7.15. The summed E-state index contributed by atoms with van der Waals surface area (Å²) >= 11 is 0. The molecule has 0 aromatic heterocycles. The molecular weight excluding hydrogens is 188 g/mol. The van der Waals surface area contributed by atoms with Crippen LogP contribution in [-0.4, -0.2) is 19.3 Å². The summed E-state index contributed by atoms with van der Waals surface area (Å²) < 4.78 is 5.37. The number of hydrazine groups is 1. The van der Waals surface area contributed by atoms with Crippen LogP contribution in [0.15, 0.2) is 0 Å². The molecule has 3 nitrogen and oxygen atoms in total.